The van der Waals surface area contributed by atoms with Crippen LogP contribution in [0, 0.1) is 52.3 Å². The molecule has 6 heteroatoms. The fraction of sp³-hybridized carbons (Fsp3) is 1.00. The monoisotopic (exact) mass is 470 g/mol. The van der Waals surface area contributed by atoms with Crippen molar-refractivity contribution >= 4 is 10.1 Å². The lowest BCUT2D eigenvalue weighted by Gasteiger charge is -2.64. The van der Waals surface area contributed by atoms with Gasteiger partial charge < -0.3 is 10.2 Å². The van der Waals surface area contributed by atoms with E-state index in [1.54, 1.807) is 0 Å². The van der Waals surface area contributed by atoms with E-state index in [1.165, 1.54) is 25.7 Å². The van der Waals surface area contributed by atoms with Gasteiger partial charge in [0.1, 0.15) is 0 Å². The summed E-state index contributed by atoms with van der Waals surface area (Å²) in [6, 6.07) is 0. The van der Waals surface area contributed by atoms with Gasteiger partial charge in [0.25, 0.3) is 10.1 Å². The van der Waals surface area contributed by atoms with Crippen LogP contribution in [0.2, 0.25) is 0 Å². The maximum atomic E-state index is 11.7. The summed E-state index contributed by atoms with van der Waals surface area (Å²) in [5, 5.41) is 22.2. The third-order valence-corrected chi connectivity index (χ3v) is 12.0. The summed E-state index contributed by atoms with van der Waals surface area (Å²) in [4.78, 5) is 0. The van der Waals surface area contributed by atoms with E-state index in [2.05, 4.69) is 27.7 Å². The Bertz CT molecular complexity index is 783. The van der Waals surface area contributed by atoms with E-state index in [1.807, 2.05) is 0 Å². The quantitative estimate of drug-likeness (QED) is 0.479. The fourth-order valence-electron chi connectivity index (χ4n) is 9.72. The molecule has 0 radical (unpaired) electrons. The van der Waals surface area contributed by atoms with Gasteiger partial charge in [-0.25, -0.2) is 0 Å². The molecule has 186 valence electrons. The van der Waals surface area contributed by atoms with Crippen molar-refractivity contribution in [1.29, 1.82) is 0 Å². The molecule has 0 aromatic rings. The lowest BCUT2D eigenvalue weighted by atomic mass is 9.41. The molecule has 0 saturated heterocycles. The third kappa shape index (κ3) is 4.09. The van der Waals surface area contributed by atoms with E-state index >= 15 is 0 Å². The molecule has 0 amide bonds. The molecular weight excluding hydrogens is 424 g/mol. The van der Waals surface area contributed by atoms with Gasteiger partial charge in [-0.2, -0.15) is 8.42 Å². The highest BCUT2D eigenvalue weighted by molar-refractivity contribution is 7.85. The zero-order chi connectivity index (χ0) is 23.5. The Balaban J connectivity index is 1.56. The molecule has 4 aliphatic carbocycles. The molecule has 0 aromatic carbocycles. The van der Waals surface area contributed by atoms with Crippen molar-refractivity contribution in [1.82, 2.24) is 0 Å². The number of aliphatic hydroxyl groups is 2. The van der Waals surface area contributed by atoms with Crippen LogP contribution in [0.25, 0.3) is 0 Å². The largest absolute Gasteiger partial charge is 0.393 e. The van der Waals surface area contributed by atoms with Crippen LogP contribution in [0.1, 0.15) is 91.9 Å². The summed E-state index contributed by atoms with van der Waals surface area (Å²) in [5.74, 6) is 2.98. The van der Waals surface area contributed by atoms with E-state index in [-0.39, 0.29) is 34.7 Å². The first-order valence-corrected chi connectivity index (χ1v) is 14.8. The maximum absolute atomic E-state index is 11.7. The van der Waals surface area contributed by atoms with Gasteiger partial charge in [0, 0.05) is 0 Å². The molecule has 0 bridgehead atoms. The summed E-state index contributed by atoms with van der Waals surface area (Å²) in [7, 11) is -3.89. The molecule has 5 nitrogen and oxygen atoms in total. The molecule has 4 rings (SSSR count). The lowest BCUT2D eigenvalue weighted by molar-refractivity contribution is -0.203. The first-order chi connectivity index (χ1) is 14.9. The van der Waals surface area contributed by atoms with Crippen LogP contribution in [0.4, 0.5) is 0 Å². The van der Waals surface area contributed by atoms with Crippen molar-refractivity contribution in [2.45, 2.75) is 104 Å². The van der Waals surface area contributed by atoms with E-state index in [9.17, 15) is 18.6 Å². The van der Waals surface area contributed by atoms with E-state index < -0.39 is 10.1 Å². The number of hydrogen-bond donors (Lipinski definition) is 3. The Morgan fingerprint density at radius 2 is 1.62 bits per heavy atom. The highest BCUT2D eigenvalue weighted by atomic mass is 32.2. The third-order valence-electron chi connectivity index (χ3n) is 11.2. The number of fused-ring (bicyclic) bond motifs is 5. The second kappa shape index (κ2) is 8.80. The molecule has 3 N–H and O–H groups in total. The second-order valence-corrected chi connectivity index (χ2v) is 14.1. The van der Waals surface area contributed by atoms with Crippen molar-refractivity contribution in [3.05, 3.63) is 0 Å². The summed E-state index contributed by atoms with van der Waals surface area (Å²) < 4.78 is 31.4. The average molecular weight is 471 g/mol. The Morgan fingerprint density at radius 1 is 0.969 bits per heavy atom. The minimum atomic E-state index is -3.89. The van der Waals surface area contributed by atoms with Crippen LogP contribution in [0.15, 0.2) is 0 Å². The standard InChI is InChI=1S/C26H46O5S/c1-5-18-22-15-17(27)10-12-26(22,4)21-11-13-25(3)19(8-9-20(25)23(21)24(18)28)16(2)7-6-14-32(29,30)31/h16-24,27-28H,5-15H2,1-4H3,(H,29,30,31)/t16-,17-,18-,19-,20?,21?,22+,23?,24?,25-,26-/m1/s1. The van der Waals surface area contributed by atoms with Gasteiger partial charge in [0.05, 0.1) is 18.0 Å². The van der Waals surface area contributed by atoms with Crippen molar-refractivity contribution < 1.29 is 23.2 Å². The van der Waals surface area contributed by atoms with Gasteiger partial charge in [0.2, 0.25) is 0 Å². The maximum Gasteiger partial charge on any atom is 0.264 e. The van der Waals surface area contributed by atoms with Crippen molar-refractivity contribution in [3.8, 4) is 0 Å². The van der Waals surface area contributed by atoms with Crippen LogP contribution in [0.3, 0.4) is 0 Å². The second-order valence-electron chi connectivity index (χ2n) is 12.5. The van der Waals surface area contributed by atoms with Gasteiger partial charge in [-0.15, -0.1) is 0 Å². The topological polar surface area (TPSA) is 94.8 Å². The Kier molecular flexibility index (Phi) is 6.86. The average Bonchev–Trinajstić information content (AvgIpc) is 3.06. The van der Waals surface area contributed by atoms with Crippen LogP contribution in [-0.2, 0) is 10.1 Å². The zero-order valence-electron chi connectivity index (χ0n) is 20.5. The molecule has 4 fully saturated rings. The lowest BCUT2D eigenvalue weighted by Crippen LogP contribution is -2.62. The SMILES string of the molecule is CC[C@H]1C(O)C2C3CC[C@H]([C@H](C)CCCS(=O)(=O)O)[C@@]3(C)CCC2[C@@]2(C)CC[C@@H](O)C[C@@H]12. The highest BCUT2D eigenvalue weighted by Gasteiger charge is 2.64. The van der Waals surface area contributed by atoms with Crippen LogP contribution < -0.4 is 0 Å². The molecule has 4 aliphatic rings. The number of aliphatic hydroxyl groups excluding tert-OH is 2. The predicted octanol–water partition coefficient (Wildman–Crippen LogP) is 4.92. The zero-order valence-corrected chi connectivity index (χ0v) is 21.4. The molecule has 32 heavy (non-hydrogen) atoms. The molecule has 11 atom stereocenters. The highest BCUT2D eigenvalue weighted by Crippen LogP contribution is 2.69. The number of hydrogen-bond acceptors (Lipinski definition) is 4. The fourth-order valence-corrected chi connectivity index (χ4v) is 10.3. The molecule has 0 aromatic heterocycles. The summed E-state index contributed by atoms with van der Waals surface area (Å²) >= 11 is 0. The Morgan fingerprint density at radius 3 is 2.28 bits per heavy atom. The Labute approximate surface area is 195 Å². The Hall–Kier alpha value is -0.170. The summed E-state index contributed by atoms with van der Waals surface area (Å²) in [6.45, 7) is 9.41. The van der Waals surface area contributed by atoms with E-state index in [0.717, 1.165) is 32.1 Å². The first-order valence-electron chi connectivity index (χ1n) is 13.2. The van der Waals surface area contributed by atoms with Gasteiger partial charge in [-0.1, -0.05) is 34.1 Å². The molecule has 0 heterocycles. The van der Waals surface area contributed by atoms with Gasteiger partial charge >= 0.3 is 0 Å². The van der Waals surface area contributed by atoms with Crippen molar-refractivity contribution in [3.63, 3.8) is 0 Å². The van der Waals surface area contributed by atoms with Gasteiger partial charge in [-0.3, -0.25) is 4.55 Å². The van der Waals surface area contributed by atoms with Crippen molar-refractivity contribution in [2.75, 3.05) is 5.75 Å². The predicted molar refractivity (Wildman–Crippen MR) is 127 cm³/mol. The van der Waals surface area contributed by atoms with Gasteiger partial charge in [-0.05, 0) is 110 Å². The smallest absolute Gasteiger partial charge is 0.264 e. The van der Waals surface area contributed by atoms with Crippen LogP contribution in [0.5, 0.6) is 0 Å². The minimum Gasteiger partial charge on any atom is -0.393 e. The molecule has 4 unspecified atom stereocenters. The minimum absolute atomic E-state index is 0.141. The summed E-state index contributed by atoms with van der Waals surface area (Å²) in [5.41, 5.74) is 0.430. The molecular formula is C26H46O5S. The normalized spacial score (nSPS) is 49.7. The van der Waals surface area contributed by atoms with Crippen molar-refractivity contribution in [2.24, 2.45) is 52.3 Å². The summed E-state index contributed by atoms with van der Waals surface area (Å²) in [6.07, 6.45) is 9.39. The molecule has 0 aliphatic heterocycles. The van der Waals surface area contributed by atoms with Crippen LogP contribution >= 0.6 is 0 Å². The van der Waals surface area contributed by atoms with E-state index in [4.69, 9.17) is 4.55 Å². The first kappa shape index (κ1) is 24.9. The molecule has 0 spiro atoms. The number of rotatable bonds is 6. The molecule has 4 saturated carbocycles. The van der Waals surface area contributed by atoms with Gasteiger partial charge in [0.15, 0.2) is 0 Å². The van der Waals surface area contributed by atoms with E-state index in [0.29, 0.717) is 41.9 Å². The van der Waals surface area contributed by atoms with Crippen LogP contribution in [-0.4, -0.2) is 41.1 Å².